The molecule has 0 aliphatic carbocycles. The van der Waals surface area contributed by atoms with E-state index < -0.39 is 0 Å². The molecule has 0 aliphatic heterocycles. The molecule has 2 rings (SSSR count). The molecule has 0 heterocycles. The van der Waals surface area contributed by atoms with Gasteiger partial charge in [-0.25, -0.2) is 4.79 Å². The number of nitrogens with one attached hydrogen (secondary N) is 2. The van der Waals surface area contributed by atoms with Crippen molar-refractivity contribution < 1.29 is 9.90 Å². The average Bonchev–Trinajstić information content (AvgIpc) is 2.58. The molecule has 2 aromatic carbocycles. The number of hydrogen-bond acceptors (Lipinski definition) is 2. The number of benzene rings is 2. The van der Waals surface area contributed by atoms with Crippen molar-refractivity contribution in [3.05, 3.63) is 71.3 Å². The highest BCUT2D eigenvalue weighted by atomic mass is 16.3. The maximum absolute atomic E-state index is 11.7. The number of amides is 2. The van der Waals surface area contributed by atoms with Gasteiger partial charge in [-0.3, -0.25) is 0 Å². The highest BCUT2D eigenvalue weighted by Crippen LogP contribution is 2.07. The second-order valence-corrected chi connectivity index (χ2v) is 5.13. The van der Waals surface area contributed by atoms with Crippen LogP contribution in [0.4, 0.5) is 4.79 Å². The van der Waals surface area contributed by atoms with Gasteiger partial charge in [-0.15, -0.1) is 0 Å². The zero-order chi connectivity index (χ0) is 15.6. The molecule has 0 fully saturated rings. The van der Waals surface area contributed by atoms with Gasteiger partial charge in [0.2, 0.25) is 0 Å². The Morgan fingerprint density at radius 3 is 2.32 bits per heavy atom. The zero-order valence-corrected chi connectivity index (χ0v) is 12.6. The van der Waals surface area contributed by atoms with Crippen molar-refractivity contribution in [3.8, 4) is 0 Å². The van der Waals surface area contributed by atoms with Gasteiger partial charge < -0.3 is 15.7 Å². The van der Waals surface area contributed by atoms with E-state index in [9.17, 15) is 9.90 Å². The molecule has 0 unspecified atom stereocenters. The number of urea groups is 1. The Morgan fingerprint density at radius 2 is 1.59 bits per heavy atom. The maximum Gasteiger partial charge on any atom is 0.315 e. The minimum absolute atomic E-state index is 0.0173. The fraction of sp³-hybridized carbons (Fsp3) is 0.278. The van der Waals surface area contributed by atoms with E-state index in [2.05, 4.69) is 22.8 Å². The zero-order valence-electron chi connectivity index (χ0n) is 12.6. The molecular weight excluding hydrogens is 276 g/mol. The van der Waals surface area contributed by atoms with Gasteiger partial charge in [0, 0.05) is 13.1 Å². The first-order chi connectivity index (χ1) is 10.8. The van der Waals surface area contributed by atoms with E-state index in [4.69, 9.17) is 0 Å². The summed E-state index contributed by atoms with van der Waals surface area (Å²) < 4.78 is 0. The van der Waals surface area contributed by atoms with E-state index in [-0.39, 0.29) is 12.6 Å². The summed E-state index contributed by atoms with van der Waals surface area (Å²) >= 11 is 0. The van der Waals surface area contributed by atoms with Crippen LogP contribution in [-0.4, -0.2) is 17.7 Å². The van der Waals surface area contributed by atoms with Gasteiger partial charge >= 0.3 is 6.03 Å². The molecule has 0 radical (unpaired) electrons. The molecule has 3 N–H and O–H groups in total. The van der Waals surface area contributed by atoms with Gasteiger partial charge in [0.25, 0.3) is 0 Å². The minimum atomic E-state index is -0.180. The van der Waals surface area contributed by atoms with Crippen molar-refractivity contribution in [1.82, 2.24) is 10.6 Å². The SMILES string of the molecule is O=C(NCCCc1ccccc1)NCc1ccccc1CO. The molecule has 22 heavy (non-hydrogen) atoms. The Balaban J connectivity index is 1.66. The lowest BCUT2D eigenvalue weighted by molar-refractivity contribution is 0.240. The van der Waals surface area contributed by atoms with Gasteiger partial charge in [-0.2, -0.15) is 0 Å². The van der Waals surface area contributed by atoms with Gasteiger partial charge in [0.05, 0.1) is 6.61 Å². The number of aliphatic hydroxyl groups excluding tert-OH is 1. The van der Waals surface area contributed by atoms with Crippen LogP contribution in [0, 0.1) is 0 Å². The second kappa shape index (κ2) is 8.85. The average molecular weight is 298 g/mol. The molecule has 4 nitrogen and oxygen atoms in total. The lowest BCUT2D eigenvalue weighted by Crippen LogP contribution is -2.35. The predicted molar refractivity (Wildman–Crippen MR) is 87.4 cm³/mol. The summed E-state index contributed by atoms with van der Waals surface area (Å²) in [6.07, 6.45) is 1.86. The van der Waals surface area contributed by atoms with Crippen molar-refractivity contribution in [2.75, 3.05) is 6.54 Å². The summed E-state index contributed by atoms with van der Waals surface area (Å²) in [5.74, 6) is 0. The monoisotopic (exact) mass is 298 g/mol. The lowest BCUT2D eigenvalue weighted by Gasteiger charge is -2.10. The molecule has 0 atom stereocenters. The Morgan fingerprint density at radius 1 is 0.909 bits per heavy atom. The summed E-state index contributed by atoms with van der Waals surface area (Å²) in [4.78, 5) is 11.7. The van der Waals surface area contributed by atoms with Gasteiger partial charge in [0.15, 0.2) is 0 Å². The quantitative estimate of drug-likeness (QED) is 0.688. The van der Waals surface area contributed by atoms with E-state index in [1.54, 1.807) is 0 Å². The molecule has 0 saturated heterocycles. The smallest absolute Gasteiger partial charge is 0.315 e. The molecule has 116 valence electrons. The number of rotatable bonds is 7. The van der Waals surface area contributed by atoms with E-state index >= 15 is 0 Å². The number of hydrogen-bond donors (Lipinski definition) is 3. The van der Waals surface area contributed by atoms with Crippen LogP contribution in [0.2, 0.25) is 0 Å². The first kappa shape index (κ1) is 16.0. The Labute approximate surface area is 131 Å². The van der Waals surface area contributed by atoms with Gasteiger partial charge in [0.1, 0.15) is 0 Å². The van der Waals surface area contributed by atoms with Gasteiger partial charge in [-0.05, 0) is 29.5 Å². The lowest BCUT2D eigenvalue weighted by atomic mass is 10.1. The Hall–Kier alpha value is -2.33. The first-order valence-electron chi connectivity index (χ1n) is 7.53. The number of carbonyl (C=O) groups excluding carboxylic acids is 1. The van der Waals surface area contributed by atoms with E-state index in [1.807, 2.05) is 42.5 Å². The third-order valence-electron chi connectivity index (χ3n) is 3.50. The molecule has 0 aromatic heterocycles. The third-order valence-corrected chi connectivity index (χ3v) is 3.50. The fourth-order valence-electron chi connectivity index (χ4n) is 2.26. The van der Waals surface area contributed by atoms with E-state index in [1.165, 1.54) is 5.56 Å². The number of aliphatic hydroxyl groups is 1. The molecule has 4 heteroatoms. The van der Waals surface area contributed by atoms with Crippen LogP contribution in [-0.2, 0) is 19.6 Å². The Bertz CT molecular complexity index is 585. The summed E-state index contributed by atoms with van der Waals surface area (Å²) in [5, 5.41) is 14.9. The van der Waals surface area contributed by atoms with Crippen molar-refractivity contribution in [1.29, 1.82) is 0 Å². The van der Waals surface area contributed by atoms with E-state index in [0.29, 0.717) is 13.1 Å². The summed E-state index contributed by atoms with van der Waals surface area (Å²) in [6.45, 7) is 1.04. The normalized spacial score (nSPS) is 10.2. The fourth-order valence-corrected chi connectivity index (χ4v) is 2.26. The van der Waals surface area contributed by atoms with E-state index in [0.717, 1.165) is 24.0 Å². The summed E-state index contributed by atoms with van der Waals surface area (Å²) in [7, 11) is 0. The first-order valence-corrected chi connectivity index (χ1v) is 7.53. The Kier molecular flexibility index (Phi) is 6.45. The standard InChI is InChI=1S/C18H22N2O2/c21-14-17-11-5-4-10-16(17)13-20-18(22)19-12-6-9-15-7-2-1-3-8-15/h1-5,7-8,10-11,21H,6,9,12-14H2,(H2,19,20,22). The predicted octanol–water partition coefficient (Wildman–Crippen LogP) is 2.61. The van der Waals surface area contributed by atoms with Crippen molar-refractivity contribution in [2.24, 2.45) is 0 Å². The minimum Gasteiger partial charge on any atom is -0.392 e. The number of aryl methyl sites for hydroxylation is 1. The third kappa shape index (κ3) is 5.22. The van der Waals surface area contributed by atoms with Crippen LogP contribution in [0.25, 0.3) is 0 Å². The van der Waals surface area contributed by atoms with Crippen molar-refractivity contribution in [2.45, 2.75) is 26.0 Å². The van der Waals surface area contributed by atoms with Crippen molar-refractivity contribution >= 4 is 6.03 Å². The van der Waals surface area contributed by atoms with Crippen LogP contribution < -0.4 is 10.6 Å². The largest absolute Gasteiger partial charge is 0.392 e. The summed E-state index contributed by atoms with van der Waals surface area (Å²) in [5.41, 5.74) is 3.05. The van der Waals surface area contributed by atoms with Crippen LogP contribution in [0.15, 0.2) is 54.6 Å². The molecule has 2 amide bonds. The van der Waals surface area contributed by atoms with Crippen LogP contribution in [0.5, 0.6) is 0 Å². The molecule has 0 aliphatic rings. The highest BCUT2D eigenvalue weighted by molar-refractivity contribution is 5.73. The second-order valence-electron chi connectivity index (χ2n) is 5.13. The number of carbonyl (C=O) groups is 1. The van der Waals surface area contributed by atoms with Crippen molar-refractivity contribution in [3.63, 3.8) is 0 Å². The molecular formula is C18H22N2O2. The highest BCUT2D eigenvalue weighted by Gasteiger charge is 2.03. The van der Waals surface area contributed by atoms with Crippen LogP contribution in [0.1, 0.15) is 23.1 Å². The van der Waals surface area contributed by atoms with Crippen LogP contribution in [0.3, 0.4) is 0 Å². The topological polar surface area (TPSA) is 61.4 Å². The van der Waals surface area contributed by atoms with Crippen LogP contribution >= 0.6 is 0 Å². The molecule has 0 saturated carbocycles. The molecule has 2 aromatic rings. The maximum atomic E-state index is 11.7. The summed E-state index contributed by atoms with van der Waals surface area (Å²) in [6, 6.07) is 17.6. The molecule has 0 spiro atoms. The van der Waals surface area contributed by atoms with Gasteiger partial charge in [-0.1, -0.05) is 54.6 Å². The molecule has 0 bridgehead atoms.